The normalized spacial score (nSPS) is 10.6. The van der Waals surface area contributed by atoms with Crippen LogP contribution in [-0.4, -0.2) is 19.0 Å². The van der Waals surface area contributed by atoms with Crippen molar-refractivity contribution in [2.45, 2.75) is 6.54 Å². The molecule has 5 nitrogen and oxygen atoms in total. The first-order valence-corrected chi connectivity index (χ1v) is 7.26. The van der Waals surface area contributed by atoms with Crippen molar-refractivity contribution in [3.05, 3.63) is 64.0 Å². The molecule has 1 amide bonds. The van der Waals surface area contributed by atoms with E-state index in [4.69, 9.17) is 4.42 Å². The number of hydrogen-bond donors (Lipinski definition) is 1. The zero-order valence-corrected chi connectivity index (χ0v) is 13.4. The van der Waals surface area contributed by atoms with Crippen molar-refractivity contribution in [3.8, 4) is 0 Å². The van der Waals surface area contributed by atoms with Crippen molar-refractivity contribution in [2.24, 2.45) is 0 Å². The molecule has 22 heavy (non-hydrogen) atoms. The summed E-state index contributed by atoms with van der Waals surface area (Å²) >= 11 is 3.19. The number of amides is 1. The monoisotopic (exact) mass is 363 g/mol. The number of furan rings is 1. The molecule has 0 bridgehead atoms. The summed E-state index contributed by atoms with van der Waals surface area (Å²) in [6, 6.07) is 10.3. The van der Waals surface area contributed by atoms with Crippen LogP contribution < -0.4 is 5.32 Å². The minimum absolute atomic E-state index is 0.232. The molecule has 0 aliphatic carbocycles. The van der Waals surface area contributed by atoms with Crippen molar-refractivity contribution in [1.29, 1.82) is 0 Å². The number of esters is 1. The third-order valence-corrected chi connectivity index (χ3v) is 3.26. The molecule has 1 aromatic heterocycles. The molecule has 114 valence electrons. The van der Waals surface area contributed by atoms with Crippen molar-refractivity contribution in [1.82, 2.24) is 5.32 Å². The van der Waals surface area contributed by atoms with Crippen LogP contribution in [0, 0.1) is 0 Å². The van der Waals surface area contributed by atoms with Crippen LogP contribution in [0.25, 0.3) is 6.08 Å². The zero-order chi connectivity index (χ0) is 15.9. The third kappa shape index (κ3) is 4.60. The molecule has 1 aromatic carbocycles. The van der Waals surface area contributed by atoms with E-state index in [1.54, 1.807) is 42.5 Å². The summed E-state index contributed by atoms with van der Waals surface area (Å²) in [4.78, 5) is 23.0. The zero-order valence-electron chi connectivity index (χ0n) is 11.8. The van der Waals surface area contributed by atoms with Gasteiger partial charge in [0.15, 0.2) is 4.67 Å². The molecule has 2 rings (SSSR count). The highest BCUT2D eigenvalue weighted by Crippen LogP contribution is 2.14. The Labute approximate surface area is 136 Å². The average Bonchev–Trinajstić information content (AvgIpc) is 2.96. The van der Waals surface area contributed by atoms with Gasteiger partial charge < -0.3 is 14.5 Å². The van der Waals surface area contributed by atoms with Gasteiger partial charge in [0.2, 0.25) is 5.91 Å². The highest BCUT2D eigenvalue weighted by atomic mass is 79.9. The Bertz CT molecular complexity index is 688. The molecular weight excluding hydrogens is 350 g/mol. The Balaban J connectivity index is 1.85. The number of carbonyl (C=O) groups excluding carboxylic acids is 2. The van der Waals surface area contributed by atoms with E-state index < -0.39 is 0 Å². The first kappa shape index (κ1) is 16.0. The largest absolute Gasteiger partial charge is 0.465 e. The second kappa shape index (κ2) is 7.61. The van der Waals surface area contributed by atoms with Crippen LogP contribution in [0.15, 0.2) is 51.6 Å². The van der Waals surface area contributed by atoms with Crippen LogP contribution in [0.2, 0.25) is 0 Å². The van der Waals surface area contributed by atoms with Crippen LogP contribution in [0.3, 0.4) is 0 Å². The van der Waals surface area contributed by atoms with E-state index in [0.717, 1.165) is 5.56 Å². The number of methoxy groups -OCH3 is 1. The Hall–Kier alpha value is -2.34. The number of halogens is 1. The van der Waals surface area contributed by atoms with Crippen molar-refractivity contribution < 1.29 is 18.7 Å². The predicted octanol–water partition coefficient (Wildman–Crippen LogP) is 3.16. The molecule has 0 saturated heterocycles. The first-order valence-electron chi connectivity index (χ1n) is 6.47. The van der Waals surface area contributed by atoms with E-state index in [0.29, 0.717) is 22.5 Å². The lowest BCUT2D eigenvalue weighted by Gasteiger charge is -2.04. The molecule has 1 N–H and O–H groups in total. The Morgan fingerprint density at radius 2 is 1.95 bits per heavy atom. The minimum Gasteiger partial charge on any atom is -0.465 e. The van der Waals surface area contributed by atoms with Crippen LogP contribution in [0.5, 0.6) is 0 Å². The molecule has 0 fully saturated rings. The molecule has 1 heterocycles. The van der Waals surface area contributed by atoms with E-state index >= 15 is 0 Å². The molecule has 0 saturated carbocycles. The second-order valence-electron chi connectivity index (χ2n) is 4.38. The summed E-state index contributed by atoms with van der Waals surface area (Å²) in [5, 5.41) is 2.74. The minimum atomic E-state index is -0.386. The van der Waals surface area contributed by atoms with E-state index in [1.165, 1.54) is 13.2 Å². The average molecular weight is 364 g/mol. The summed E-state index contributed by atoms with van der Waals surface area (Å²) in [5.74, 6) is -0.0304. The van der Waals surface area contributed by atoms with Crippen molar-refractivity contribution in [3.63, 3.8) is 0 Å². The lowest BCUT2D eigenvalue weighted by molar-refractivity contribution is -0.116. The number of benzene rings is 1. The van der Waals surface area contributed by atoms with Gasteiger partial charge in [-0.15, -0.1) is 0 Å². The number of hydrogen-bond acceptors (Lipinski definition) is 4. The van der Waals surface area contributed by atoms with Gasteiger partial charge in [0, 0.05) is 12.6 Å². The highest BCUT2D eigenvalue weighted by Gasteiger charge is 2.04. The Kier molecular flexibility index (Phi) is 5.55. The number of nitrogens with one attached hydrogen (secondary N) is 1. The highest BCUT2D eigenvalue weighted by molar-refractivity contribution is 9.10. The molecule has 0 atom stereocenters. The Morgan fingerprint density at radius 3 is 2.55 bits per heavy atom. The maximum absolute atomic E-state index is 11.7. The van der Waals surface area contributed by atoms with Crippen LogP contribution in [0.1, 0.15) is 21.7 Å². The van der Waals surface area contributed by atoms with Crippen LogP contribution in [0.4, 0.5) is 0 Å². The fraction of sp³-hybridized carbons (Fsp3) is 0.125. The standard InChI is InChI=1S/C16H14BrNO4/c1-21-16(20)12-4-2-11(3-5-12)10-18-15(19)9-7-13-6-8-14(17)22-13/h2-9H,10H2,1H3,(H,18,19)/b9-7+. The quantitative estimate of drug-likeness (QED) is 0.654. The molecule has 0 aliphatic heterocycles. The SMILES string of the molecule is COC(=O)c1ccc(CNC(=O)/C=C/c2ccc(Br)o2)cc1. The summed E-state index contributed by atoms with van der Waals surface area (Å²) in [5.41, 5.74) is 1.36. The lowest BCUT2D eigenvalue weighted by Crippen LogP contribution is -2.20. The van der Waals surface area contributed by atoms with Gasteiger partial charge >= 0.3 is 5.97 Å². The maximum Gasteiger partial charge on any atom is 0.337 e. The van der Waals surface area contributed by atoms with Gasteiger partial charge in [0.1, 0.15) is 5.76 Å². The van der Waals surface area contributed by atoms with E-state index in [1.807, 2.05) is 0 Å². The van der Waals surface area contributed by atoms with Crippen LogP contribution >= 0.6 is 15.9 Å². The second-order valence-corrected chi connectivity index (χ2v) is 5.16. The summed E-state index contributed by atoms with van der Waals surface area (Å²) < 4.78 is 10.5. The summed E-state index contributed by atoms with van der Waals surface area (Å²) in [6.45, 7) is 0.368. The van der Waals surface area contributed by atoms with Gasteiger partial charge in [0.05, 0.1) is 12.7 Å². The molecule has 0 spiro atoms. The Morgan fingerprint density at radius 1 is 1.23 bits per heavy atom. The number of rotatable bonds is 5. The van der Waals surface area contributed by atoms with Gasteiger partial charge in [-0.2, -0.15) is 0 Å². The van der Waals surface area contributed by atoms with Gasteiger partial charge in [-0.25, -0.2) is 4.79 Å². The molecule has 0 radical (unpaired) electrons. The van der Waals surface area contributed by atoms with E-state index in [-0.39, 0.29) is 11.9 Å². The smallest absolute Gasteiger partial charge is 0.337 e. The predicted molar refractivity (Wildman–Crippen MR) is 85.1 cm³/mol. The molecule has 2 aromatic rings. The van der Waals surface area contributed by atoms with Crippen LogP contribution in [-0.2, 0) is 16.1 Å². The van der Waals surface area contributed by atoms with Gasteiger partial charge in [-0.3, -0.25) is 4.79 Å². The summed E-state index contributed by atoms with van der Waals surface area (Å²) in [7, 11) is 1.33. The fourth-order valence-electron chi connectivity index (χ4n) is 1.70. The van der Waals surface area contributed by atoms with Gasteiger partial charge in [-0.05, 0) is 51.8 Å². The van der Waals surface area contributed by atoms with Crippen molar-refractivity contribution in [2.75, 3.05) is 7.11 Å². The molecular formula is C16H14BrNO4. The number of ether oxygens (including phenoxy) is 1. The third-order valence-electron chi connectivity index (χ3n) is 2.83. The lowest BCUT2D eigenvalue weighted by atomic mass is 10.1. The molecule has 0 aliphatic rings. The topological polar surface area (TPSA) is 68.5 Å². The fourth-order valence-corrected chi connectivity index (χ4v) is 2.02. The van der Waals surface area contributed by atoms with E-state index in [9.17, 15) is 9.59 Å². The first-order chi connectivity index (χ1) is 10.6. The van der Waals surface area contributed by atoms with Gasteiger partial charge in [0.25, 0.3) is 0 Å². The maximum atomic E-state index is 11.7. The van der Waals surface area contributed by atoms with Crippen molar-refractivity contribution >= 4 is 33.9 Å². The molecule has 0 unspecified atom stereocenters. The number of carbonyl (C=O) groups is 2. The summed E-state index contributed by atoms with van der Waals surface area (Å²) in [6.07, 6.45) is 2.98. The molecule has 6 heteroatoms. The van der Waals surface area contributed by atoms with Gasteiger partial charge in [-0.1, -0.05) is 12.1 Å². The van der Waals surface area contributed by atoms with E-state index in [2.05, 4.69) is 26.0 Å².